The number of halogens is 1. The molecule has 0 bridgehead atoms. The van der Waals surface area contributed by atoms with Gasteiger partial charge >= 0.3 is 5.97 Å². The van der Waals surface area contributed by atoms with Crippen LogP contribution in [0.15, 0.2) is 24.3 Å². The SMILES string of the molecule is COC(=O)c1ccc(C2(NC(=O)c3nc(Cl)[nH]c3C#CC(C)(C)OC)CC2)cc1. The Morgan fingerprint density at radius 3 is 2.45 bits per heavy atom. The van der Waals surface area contributed by atoms with Crippen molar-refractivity contribution in [1.82, 2.24) is 15.3 Å². The van der Waals surface area contributed by atoms with Gasteiger partial charge in [-0.25, -0.2) is 9.78 Å². The van der Waals surface area contributed by atoms with Crippen LogP contribution in [0.1, 0.15) is 58.8 Å². The lowest BCUT2D eigenvalue weighted by Gasteiger charge is -2.18. The van der Waals surface area contributed by atoms with Crippen LogP contribution < -0.4 is 5.32 Å². The van der Waals surface area contributed by atoms with Gasteiger partial charge in [0.15, 0.2) is 5.69 Å². The summed E-state index contributed by atoms with van der Waals surface area (Å²) >= 11 is 5.97. The van der Waals surface area contributed by atoms with Gasteiger partial charge in [-0.15, -0.1) is 0 Å². The molecule has 0 aliphatic heterocycles. The van der Waals surface area contributed by atoms with E-state index in [4.69, 9.17) is 21.1 Å². The minimum Gasteiger partial charge on any atom is -0.465 e. The Morgan fingerprint density at radius 1 is 1.24 bits per heavy atom. The molecule has 0 atom stereocenters. The van der Waals surface area contributed by atoms with E-state index >= 15 is 0 Å². The smallest absolute Gasteiger partial charge is 0.337 e. The monoisotopic (exact) mass is 415 g/mol. The Labute approximate surface area is 174 Å². The minimum absolute atomic E-state index is 0.0851. The van der Waals surface area contributed by atoms with Crippen molar-refractivity contribution in [1.29, 1.82) is 0 Å². The zero-order valence-corrected chi connectivity index (χ0v) is 17.4. The Kier molecular flexibility index (Phi) is 5.69. The van der Waals surface area contributed by atoms with E-state index in [0.717, 1.165) is 18.4 Å². The normalized spacial score (nSPS) is 14.5. The molecule has 1 amide bonds. The molecule has 29 heavy (non-hydrogen) atoms. The second kappa shape index (κ2) is 7.90. The van der Waals surface area contributed by atoms with Gasteiger partial charge in [0.1, 0.15) is 11.3 Å². The largest absolute Gasteiger partial charge is 0.465 e. The maximum atomic E-state index is 12.9. The van der Waals surface area contributed by atoms with Crippen LogP contribution in [0.3, 0.4) is 0 Å². The average Bonchev–Trinajstić information content (AvgIpc) is 3.39. The molecule has 0 spiro atoms. The number of aromatic nitrogens is 2. The molecular weight excluding hydrogens is 394 g/mol. The number of methoxy groups -OCH3 is 2. The molecule has 3 rings (SSSR count). The number of nitrogens with one attached hydrogen (secondary N) is 2. The van der Waals surface area contributed by atoms with E-state index in [1.807, 2.05) is 26.0 Å². The van der Waals surface area contributed by atoms with Crippen molar-refractivity contribution in [3.8, 4) is 11.8 Å². The summed E-state index contributed by atoms with van der Waals surface area (Å²) in [6.45, 7) is 3.63. The van der Waals surface area contributed by atoms with E-state index in [9.17, 15) is 9.59 Å². The fourth-order valence-corrected chi connectivity index (χ4v) is 2.97. The Morgan fingerprint density at radius 2 is 1.90 bits per heavy atom. The molecule has 2 aromatic rings. The quantitative estimate of drug-likeness (QED) is 0.578. The van der Waals surface area contributed by atoms with Crippen LogP contribution >= 0.6 is 11.6 Å². The second-order valence-corrected chi connectivity index (χ2v) is 7.68. The summed E-state index contributed by atoms with van der Waals surface area (Å²) in [6.07, 6.45) is 1.57. The van der Waals surface area contributed by atoms with Gasteiger partial charge in [0.2, 0.25) is 5.28 Å². The number of H-pyrrole nitrogens is 1. The molecule has 0 unspecified atom stereocenters. The number of benzene rings is 1. The standard InChI is InChI=1S/C21H22ClN3O4/c1-20(2,29-4)10-9-15-16(24-19(22)23-15)17(26)25-21(11-12-21)14-7-5-13(6-8-14)18(27)28-3/h5-8H,11-12H2,1-4H3,(H,23,24)(H,25,26). The zero-order chi connectivity index (χ0) is 21.2. The number of ether oxygens (including phenoxy) is 2. The molecule has 1 aliphatic rings. The van der Waals surface area contributed by atoms with Crippen molar-refractivity contribution in [3.05, 3.63) is 52.1 Å². The molecule has 7 nitrogen and oxygen atoms in total. The van der Waals surface area contributed by atoms with Crippen LogP contribution in [0.2, 0.25) is 5.28 Å². The van der Waals surface area contributed by atoms with Crippen LogP contribution in [0, 0.1) is 11.8 Å². The molecule has 1 aromatic carbocycles. The first kappa shape index (κ1) is 20.9. The van der Waals surface area contributed by atoms with E-state index in [0.29, 0.717) is 11.3 Å². The lowest BCUT2D eigenvalue weighted by molar-refractivity contribution is 0.0600. The van der Waals surface area contributed by atoms with Crippen molar-refractivity contribution in [2.45, 2.75) is 37.8 Å². The Balaban J connectivity index is 1.81. The molecule has 1 heterocycles. The number of carbonyl (C=O) groups excluding carboxylic acids is 2. The minimum atomic E-state index is -0.676. The van der Waals surface area contributed by atoms with Crippen molar-refractivity contribution < 1.29 is 19.1 Å². The molecule has 8 heteroatoms. The van der Waals surface area contributed by atoms with Gasteiger partial charge in [0, 0.05) is 7.11 Å². The number of hydrogen-bond acceptors (Lipinski definition) is 5. The van der Waals surface area contributed by atoms with Crippen molar-refractivity contribution in [3.63, 3.8) is 0 Å². The highest BCUT2D eigenvalue weighted by atomic mass is 35.5. The third kappa shape index (κ3) is 4.61. The van der Waals surface area contributed by atoms with Crippen LogP contribution in [-0.2, 0) is 15.0 Å². The summed E-state index contributed by atoms with van der Waals surface area (Å²) in [6, 6.07) is 7.00. The third-order valence-corrected chi connectivity index (χ3v) is 5.03. The highest BCUT2D eigenvalue weighted by molar-refractivity contribution is 6.28. The molecule has 1 saturated carbocycles. The van der Waals surface area contributed by atoms with Gasteiger partial charge in [0.05, 0.1) is 18.2 Å². The van der Waals surface area contributed by atoms with Gasteiger partial charge in [-0.1, -0.05) is 18.1 Å². The number of amides is 1. The van der Waals surface area contributed by atoms with E-state index in [2.05, 4.69) is 27.1 Å². The molecule has 1 aliphatic carbocycles. The Hall–Kier alpha value is -2.82. The number of nitrogens with zero attached hydrogens (tertiary/aromatic N) is 1. The van der Waals surface area contributed by atoms with E-state index in [-0.39, 0.29) is 16.9 Å². The Bertz CT molecular complexity index is 995. The van der Waals surface area contributed by atoms with Gasteiger partial charge in [0.25, 0.3) is 5.91 Å². The predicted octanol–water partition coefficient (Wildman–Crippen LogP) is 3.05. The van der Waals surface area contributed by atoms with Gasteiger partial charge < -0.3 is 19.8 Å². The van der Waals surface area contributed by atoms with E-state index in [1.165, 1.54) is 7.11 Å². The van der Waals surface area contributed by atoms with Crippen LogP contribution in [-0.4, -0.2) is 41.7 Å². The van der Waals surface area contributed by atoms with Gasteiger partial charge in [-0.05, 0) is 61.9 Å². The summed E-state index contributed by atoms with van der Waals surface area (Å²) < 4.78 is 9.99. The molecule has 152 valence electrons. The molecule has 1 aromatic heterocycles. The van der Waals surface area contributed by atoms with E-state index in [1.54, 1.807) is 19.2 Å². The van der Waals surface area contributed by atoms with Crippen molar-refractivity contribution >= 4 is 23.5 Å². The summed E-state index contributed by atoms with van der Waals surface area (Å²) in [5.41, 5.74) is 0.656. The average molecular weight is 416 g/mol. The number of imidazole rings is 1. The lowest BCUT2D eigenvalue weighted by atomic mass is 10.0. The maximum absolute atomic E-state index is 12.9. The molecule has 2 N–H and O–H groups in total. The molecule has 1 fully saturated rings. The first-order chi connectivity index (χ1) is 13.7. The summed E-state index contributed by atoms with van der Waals surface area (Å²) in [5, 5.41) is 3.12. The first-order valence-corrected chi connectivity index (χ1v) is 9.43. The van der Waals surface area contributed by atoms with Crippen LogP contribution in [0.5, 0.6) is 0 Å². The highest BCUT2D eigenvalue weighted by Crippen LogP contribution is 2.45. The number of esters is 1. The first-order valence-electron chi connectivity index (χ1n) is 9.05. The van der Waals surface area contributed by atoms with Gasteiger partial charge in [-0.2, -0.15) is 0 Å². The summed E-state index contributed by atoms with van der Waals surface area (Å²) in [5.74, 6) is 5.05. The molecular formula is C21H22ClN3O4. The fourth-order valence-electron chi connectivity index (χ4n) is 2.79. The highest BCUT2D eigenvalue weighted by Gasteiger charge is 2.46. The summed E-state index contributed by atoms with van der Waals surface area (Å²) in [7, 11) is 2.90. The number of carbonyl (C=O) groups is 2. The van der Waals surface area contributed by atoms with Crippen molar-refractivity contribution in [2.24, 2.45) is 0 Å². The zero-order valence-electron chi connectivity index (χ0n) is 16.7. The predicted molar refractivity (Wildman–Crippen MR) is 108 cm³/mol. The summed E-state index contributed by atoms with van der Waals surface area (Å²) in [4.78, 5) is 31.4. The van der Waals surface area contributed by atoms with Gasteiger partial charge in [-0.3, -0.25) is 4.79 Å². The number of rotatable bonds is 5. The topological polar surface area (TPSA) is 93.3 Å². The van der Waals surface area contributed by atoms with Crippen molar-refractivity contribution in [2.75, 3.05) is 14.2 Å². The fraction of sp³-hybridized carbons (Fsp3) is 0.381. The number of hydrogen-bond donors (Lipinski definition) is 2. The number of aromatic amines is 1. The van der Waals surface area contributed by atoms with Crippen LogP contribution in [0.4, 0.5) is 0 Å². The third-order valence-electron chi connectivity index (χ3n) is 4.85. The second-order valence-electron chi connectivity index (χ2n) is 7.32. The lowest BCUT2D eigenvalue weighted by Crippen LogP contribution is -2.35. The maximum Gasteiger partial charge on any atom is 0.337 e. The van der Waals surface area contributed by atoms with Crippen LogP contribution in [0.25, 0.3) is 0 Å². The van der Waals surface area contributed by atoms with E-state index < -0.39 is 17.1 Å². The molecule has 0 saturated heterocycles. The molecule has 0 radical (unpaired) electrons.